The number of hydrogen-bond donors (Lipinski definition) is 2. The van der Waals surface area contributed by atoms with E-state index in [2.05, 4.69) is 23.1 Å². The molecule has 0 radical (unpaired) electrons. The Morgan fingerprint density at radius 3 is 1.95 bits per heavy atom. The van der Waals surface area contributed by atoms with Gasteiger partial charge in [-0.3, -0.25) is 0 Å². The van der Waals surface area contributed by atoms with Crippen LogP contribution in [0.3, 0.4) is 0 Å². The van der Waals surface area contributed by atoms with Crippen molar-refractivity contribution in [2.24, 2.45) is 0 Å². The van der Waals surface area contributed by atoms with Gasteiger partial charge in [-0.1, -0.05) is 91.0 Å². The summed E-state index contributed by atoms with van der Waals surface area (Å²) in [7, 11) is 0. The molecule has 318 valence electrons. The summed E-state index contributed by atoms with van der Waals surface area (Å²) in [5.74, 6) is 1.84. The highest BCUT2D eigenvalue weighted by Gasteiger charge is 2.44. The average molecular weight is 857 g/mol. The molecule has 0 amide bonds. The number of fused-ring (bicyclic) bond motifs is 1. The molecule has 0 bridgehead atoms. The zero-order valence-corrected chi connectivity index (χ0v) is 35.9. The molecule has 7 rings (SSSR count). The van der Waals surface area contributed by atoms with Crippen LogP contribution in [0.1, 0.15) is 59.1 Å². The van der Waals surface area contributed by atoms with Crippen LogP contribution in [-0.4, -0.2) is 49.7 Å². The van der Waals surface area contributed by atoms with E-state index in [-0.39, 0.29) is 30.1 Å². The predicted octanol–water partition coefficient (Wildman–Crippen LogP) is 10.4. The minimum atomic E-state index is -1.21. The van der Waals surface area contributed by atoms with Gasteiger partial charge in [0.2, 0.25) is 0 Å². The predicted molar refractivity (Wildman–Crippen MR) is 247 cm³/mol. The first-order valence-electron chi connectivity index (χ1n) is 21.0. The van der Waals surface area contributed by atoms with Crippen molar-refractivity contribution >= 4 is 35.3 Å². The zero-order chi connectivity index (χ0) is 44.0. The van der Waals surface area contributed by atoms with E-state index in [1.165, 1.54) is 11.3 Å². The van der Waals surface area contributed by atoms with Gasteiger partial charge in [0, 0.05) is 49.2 Å². The third-order valence-electron chi connectivity index (χ3n) is 11.0. The lowest BCUT2D eigenvalue weighted by molar-refractivity contribution is 0.0755. The first kappa shape index (κ1) is 44.0. The molecule has 1 unspecified atom stereocenters. The third-order valence-corrected chi connectivity index (χ3v) is 12.0. The highest BCUT2D eigenvalue weighted by atomic mass is 32.1. The van der Waals surface area contributed by atoms with Gasteiger partial charge in [-0.05, 0) is 85.2 Å². The van der Waals surface area contributed by atoms with Crippen LogP contribution in [0.2, 0.25) is 0 Å². The van der Waals surface area contributed by atoms with Crippen LogP contribution in [0.5, 0.6) is 17.2 Å². The van der Waals surface area contributed by atoms with Gasteiger partial charge in [-0.2, -0.15) is 15.8 Å². The number of benzene rings is 4. The Morgan fingerprint density at radius 1 is 0.746 bits per heavy atom. The maximum Gasteiger partial charge on any atom is 0.180 e. The number of aliphatic hydroxyl groups excluding tert-OH is 2. The van der Waals surface area contributed by atoms with Crippen molar-refractivity contribution in [1.29, 1.82) is 15.8 Å². The van der Waals surface area contributed by atoms with E-state index in [0.29, 0.717) is 55.5 Å². The molecular weight excluding hydrogens is 809 g/mol. The van der Waals surface area contributed by atoms with Crippen molar-refractivity contribution in [3.05, 3.63) is 158 Å². The van der Waals surface area contributed by atoms with Crippen LogP contribution in [0, 0.1) is 34.0 Å². The second-order valence-corrected chi connectivity index (χ2v) is 16.2. The molecule has 2 N–H and O–H groups in total. The monoisotopic (exact) mass is 856 g/mol. The molecule has 0 spiro atoms. The maximum atomic E-state index is 10.5. The molecule has 2 aliphatic rings. The first-order valence-corrected chi connectivity index (χ1v) is 21.8. The number of rotatable bonds is 18. The number of nitriles is 3. The molecule has 1 aromatic heterocycles. The molecule has 0 saturated carbocycles. The Hall–Kier alpha value is -7.07. The van der Waals surface area contributed by atoms with Crippen molar-refractivity contribution in [2.75, 3.05) is 44.4 Å². The number of aliphatic hydroxyl groups is 2. The molecular formula is C52H48N4O6S. The number of ether oxygens (including phenoxy) is 4. The lowest BCUT2D eigenvalue weighted by atomic mass is 9.85. The van der Waals surface area contributed by atoms with Crippen LogP contribution in [0.15, 0.2) is 132 Å². The molecule has 0 fully saturated rings. The molecule has 1 atom stereocenters. The quantitative estimate of drug-likeness (QED) is 0.0643. The molecule has 11 heteroatoms. The molecule has 0 saturated heterocycles. The second kappa shape index (κ2) is 21.1. The summed E-state index contributed by atoms with van der Waals surface area (Å²) >= 11 is 1.47. The van der Waals surface area contributed by atoms with E-state index >= 15 is 0 Å². The molecule has 0 aliphatic carbocycles. The smallest absolute Gasteiger partial charge is 0.180 e. The van der Waals surface area contributed by atoms with Gasteiger partial charge < -0.3 is 34.1 Å². The van der Waals surface area contributed by atoms with Gasteiger partial charge in [0.1, 0.15) is 49.4 Å². The summed E-state index contributed by atoms with van der Waals surface area (Å²) in [5, 5.41) is 49.1. The lowest BCUT2D eigenvalue weighted by Gasteiger charge is -2.27. The van der Waals surface area contributed by atoms with Crippen molar-refractivity contribution in [3.63, 3.8) is 0 Å². The Labute approximate surface area is 372 Å². The van der Waals surface area contributed by atoms with E-state index in [4.69, 9.17) is 18.9 Å². The molecule has 4 aromatic carbocycles. The number of unbranched alkanes of at least 4 members (excludes halogenated alkanes) is 2. The molecule has 2 aliphatic heterocycles. The van der Waals surface area contributed by atoms with Crippen molar-refractivity contribution in [3.8, 4) is 46.6 Å². The van der Waals surface area contributed by atoms with E-state index in [1.807, 2.05) is 134 Å². The molecule has 63 heavy (non-hydrogen) atoms. The molecule has 3 heterocycles. The number of hydrogen-bond acceptors (Lipinski definition) is 11. The SMILES string of the molecule is CC1(c2ccc(-c3ccccc3)cc2)OC(=C(C#N)C#N)C(C#N)=C1/C=C/c1sc(/C=C/c2ccc(N(CCCCO)CCCCO)cc2OCc2ccccc2)c2c1OCCO2. The number of nitrogens with zero attached hydrogens (tertiary/aromatic N) is 4. The normalized spacial score (nSPS) is 15.5. The van der Waals surface area contributed by atoms with Crippen molar-refractivity contribution < 1.29 is 29.2 Å². The Kier molecular flexibility index (Phi) is 14.8. The van der Waals surface area contributed by atoms with Gasteiger partial charge >= 0.3 is 0 Å². The highest BCUT2D eigenvalue weighted by Crippen LogP contribution is 2.50. The van der Waals surface area contributed by atoms with E-state index in [1.54, 1.807) is 0 Å². The van der Waals surface area contributed by atoms with Crippen molar-refractivity contribution in [1.82, 2.24) is 0 Å². The number of anilines is 1. The van der Waals surface area contributed by atoms with Crippen LogP contribution in [0.4, 0.5) is 5.69 Å². The standard InChI is InChI=1S/C52H48N4O6S/c1-52(42-20-16-39(17-21-42)38-14-6-3-7-15-38)45(44(35-55)49(62-52)41(33-53)34-54)23-25-48-51-50(59-30-31-60-51)47(63-48)24-19-40-18-22-43(56(26-8-10-28-57)27-9-11-29-58)32-46(40)61-36-37-12-4-2-5-13-37/h2-7,12-25,32,57-58H,8-11,26-31,36H2,1H3/b24-19+,25-23+. The second-order valence-electron chi connectivity index (χ2n) is 15.1. The summed E-state index contributed by atoms with van der Waals surface area (Å²) in [6.45, 7) is 4.76. The van der Waals surface area contributed by atoms with E-state index in [0.717, 1.165) is 69.2 Å². The lowest BCUT2D eigenvalue weighted by Crippen LogP contribution is -2.26. The fourth-order valence-corrected chi connectivity index (χ4v) is 8.61. The third kappa shape index (κ3) is 10.2. The number of allylic oxidation sites excluding steroid dienone is 2. The largest absolute Gasteiger partial charge is 0.488 e. The van der Waals surface area contributed by atoms with Crippen LogP contribution in [-0.2, 0) is 16.9 Å². The Balaban J connectivity index is 1.24. The summed E-state index contributed by atoms with van der Waals surface area (Å²) in [5.41, 5.74) is 4.81. The molecule has 10 nitrogen and oxygen atoms in total. The van der Waals surface area contributed by atoms with E-state index in [9.17, 15) is 26.0 Å². The Bertz CT molecular complexity index is 2610. The summed E-state index contributed by atoms with van der Waals surface area (Å²) in [6.07, 6.45) is 10.8. The van der Waals surface area contributed by atoms with Gasteiger partial charge in [-0.15, -0.1) is 11.3 Å². The Morgan fingerprint density at radius 2 is 1.35 bits per heavy atom. The van der Waals surface area contributed by atoms with Gasteiger partial charge in [0.25, 0.3) is 0 Å². The topological polar surface area (TPSA) is 152 Å². The average Bonchev–Trinajstić information content (AvgIpc) is 3.83. The highest BCUT2D eigenvalue weighted by molar-refractivity contribution is 7.14. The van der Waals surface area contributed by atoms with Gasteiger partial charge in [-0.25, -0.2) is 0 Å². The minimum Gasteiger partial charge on any atom is -0.488 e. The van der Waals surface area contributed by atoms with Gasteiger partial charge in [0.05, 0.1) is 9.75 Å². The van der Waals surface area contributed by atoms with Gasteiger partial charge in [0.15, 0.2) is 28.4 Å². The minimum absolute atomic E-state index is 0.0528. The summed E-state index contributed by atoms with van der Waals surface area (Å²) < 4.78 is 25.4. The number of thiophene rings is 1. The summed E-state index contributed by atoms with van der Waals surface area (Å²) in [4.78, 5) is 3.86. The fourth-order valence-electron chi connectivity index (χ4n) is 7.61. The fraction of sp³-hybridized carbons (Fsp3) is 0.250. The summed E-state index contributed by atoms with van der Waals surface area (Å²) in [6, 6.07) is 40.1. The van der Waals surface area contributed by atoms with Crippen molar-refractivity contribution in [2.45, 2.75) is 44.8 Å². The molecule has 5 aromatic rings. The van der Waals surface area contributed by atoms with E-state index < -0.39 is 5.60 Å². The van der Waals surface area contributed by atoms with Crippen LogP contribution < -0.4 is 19.1 Å². The van der Waals surface area contributed by atoms with Crippen LogP contribution >= 0.6 is 11.3 Å². The maximum absolute atomic E-state index is 10.5. The first-order chi connectivity index (χ1) is 30.9. The van der Waals surface area contributed by atoms with Crippen LogP contribution in [0.25, 0.3) is 29.4 Å². The zero-order valence-electron chi connectivity index (χ0n) is 35.1.